The molecular formula is C9H19NO2S. The Kier molecular flexibility index (Phi) is 3.35. The van der Waals surface area contributed by atoms with Gasteiger partial charge in [-0.15, -0.1) is 0 Å². The van der Waals surface area contributed by atoms with Crippen LogP contribution in [0.4, 0.5) is 0 Å². The van der Waals surface area contributed by atoms with E-state index in [0.29, 0.717) is 5.75 Å². The molecule has 78 valence electrons. The van der Waals surface area contributed by atoms with Gasteiger partial charge in [0.15, 0.2) is 0 Å². The second-order valence-electron chi connectivity index (χ2n) is 3.94. The minimum atomic E-state index is -2.77. The van der Waals surface area contributed by atoms with Crippen molar-refractivity contribution in [3.8, 4) is 0 Å². The minimum Gasteiger partial charge on any atom is -0.316 e. The van der Waals surface area contributed by atoms with Crippen molar-refractivity contribution in [1.82, 2.24) is 5.32 Å². The zero-order valence-corrected chi connectivity index (χ0v) is 9.28. The maximum Gasteiger partial charge on any atom is 0.150 e. The van der Waals surface area contributed by atoms with Crippen LogP contribution in [0.2, 0.25) is 0 Å². The number of sulfone groups is 1. The van der Waals surface area contributed by atoms with Gasteiger partial charge in [0.1, 0.15) is 9.84 Å². The van der Waals surface area contributed by atoms with E-state index in [4.69, 9.17) is 0 Å². The Balaban J connectivity index is 2.41. The smallest absolute Gasteiger partial charge is 0.150 e. The SMILES string of the molecule is CCC1(CCS(=O)(=O)CC)CNC1. The van der Waals surface area contributed by atoms with Gasteiger partial charge in [-0.2, -0.15) is 0 Å². The molecule has 0 spiro atoms. The molecule has 4 heteroatoms. The van der Waals surface area contributed by atoms with E-state index in [2.05, 4.69) is 12.2 Å². The van der Waals surface area contributed by atoms with Gasteiger partial charge in [-0.3, -0.25) is 0 Å². The molecule has 0 aromatic heterocycles. The molecule has 0 amide bonds. The third-order valence-corrected chi connectivity index (χ3v) is 4.84. The summed E-state index contributed by atoms with van der Waals surface area (Å²) in [6.45, 7) is 5.83. The highest BCUT2D eigenvalue weighted by atomic mass is 32.2. The van der Waals surface area contributed by atoms with Gasteiger partial charge < -0.3 is 5.32 Å². The van der Waals surface area contributed by atoms with Crippen LogP contribution in [-0.2, 0) is 9.84 Å². The molecule has 0 atom stereocenters. The van der Waals surface area contributed by atoms with Gasteiger partial charge in [-0.05, 0) is 18.3 Å². The Labute approximate surface area is 80.8 Å². The predicted octanol–water partition coefficient (Wildman–Crippen LogP) is 0.811. The van der Waals surface area contributed by atoms with E-state index in [1.54, 1.807) is 6.92 Å². The quantitative estimate of drug-likeness (QED) is 0.722. The number of hydrogen-bond donors (Lipinski definition) is 1. The predicted molar refractivity (Wildman–Crippen MR) is 54.5 cm³/mol. The van der Waals surface area contributed by atoms with E-state index in [1.165, 1.54) is 0 Å². The van der Waals surface area contributed by atoms with Crippen LogP contribution in [0.15, 0.2) is 0 Å². The number of rotatable bonds is 5. The highest BCUT2D eigenvalue weighted by Gasteiger charge is 2.35. The summed E-state index contributed by atoms with van der Waals surface area (Å²) in [4.78, 5) is 0. The molecule has 1 fully saturated rings. The van der Waals surface area contributed by atoms with Crippen molar-refractivity contribution in [2.75, 3.05) is 24.6 Å². The first kappa shape index (κ1) is 11.0. The molecule has 3 nitrogen and oxygen atoms in total. The van der Waals surface area contributed by atoms with Crippen molar-refractivity contribution in [1.29, 1.82) is 0 Å². The summed E-state index contributed by atoms with van der Waals surface area (Å²) >= 11 is 0. The fourth-order valence-corrected chi connectivity index (χ4v) is 2.63. The van der Waals surface area contributed by atoms with Gasteiger partial charge >= 0.3 is 0 Å². The molecule has 1 rings (SSSR count). The molecule has 1 aliphatic rings. The van der Waals surface area contributed by atoms with Gasteiger partial charge in [-0.1, -0.05) is 13.8 Å². The topological polar surface area (TPSA) is 46.2 Å². The second kappa shape index (κ2) is 3.96. The lowest BCUT2D eigenvalue weighted by Crippen LogP contribution is -2.53. The summed E-state index contributed by atoms with van der Waals surface area (Å²) in [6.07, 6.45) is 1.91. The van der Waals surface area contributed by atoms with Crippen molar-refractivity contribution in [3.63, 3.8) is 0 Å². The lowest BCUT2D eigenvalue weighted by atomic mass is 9.77. The highest BCUT2D eigenvalue weighted by molar-refractivity contribution is 7.91. The molecule has 0 bridgehead atoms. The third kappa shape index (κ3) is 2.68. The van der Waals surface area contributed by atoms with Crippen LogP contribution in [-0.4, -0.2) is 33.0 Å². The third-order valence-electron chi connectivity index (χ3n) is 3.13. The van der Waals surface area contributed by atoms with E-state index in [0.717, 1.165) is 25.9 Å². The second-order valence-corrected chi connectivity index (χ2v) is 6.42. The molecule has 0 saturated carbocycles. The van der Waals surface area contributed by atoms with Gasteiger partial charge in [0, 0.05) is 18.8 Å². The molecule has 0 aliphatic carbocycles. The van der Waals surface area contributed by atoms with Gasteiger partial charge in [0.05, 0.1) is 5.75 Å². The minimum absolute atomic E-state index is 0.278. The van der Waals surface area contributed by atoms with Gasteiger partial charge in [-0.25, -0.2) is 8.42 Å². The van der Waals surface area contributed by atoms with Crippen LogP contribution in [0.5, 0.6) is 0 Å². The van der Waals surface area contributed by atoms with Crippen LogP contribution in [0, 0.1) is 5.41 Å². The normalized spacial score (nSPS) is 21.1. The fraction of sp³-hybridized carbons (Fsp3) is 1.00. The van der Waals surface area contributed by atoms with Crippen LogP contribution in [0.3, 0.4) is 0 Å². The van der Waals surface area contributed by atoms with Crippen molar-refractivity contribution >= 4 is 9.84 Å². The lowest BCUT2D eigenvalue weighted by Gasteiger charge is -2.42. The monoisotopic (exact) mass is 205 g/mol. The molecule has 1 N–H and O–H groups in total. The molecule has 0 aromatic rings. The number of hydrogen-bond acceptors (Lipinski definition) is 3. The first-order valence-corrected chi connectivity index (χ1v) is 6.77. The Morgan fingerprint density at radius 2 is 1.92 bits per heavy atom. The molecule has 1 heterocycles. The Bertz CT molecular complexity index is 249. The Morgan fingerprint density at radius 1 is 1.31 bits per heavy atom. The summed E-state index contributed by atoms with van der Waals surface area (Å²) in [5.41, 5.74) is 0.280. The maximum atomic E-state index is 11.3. The summed E-state index contributed by atoms with van der Waals surface area (Å²) in [5.74, 6) is 0.638. The number of nitrogens with one attached hydrogen (secondary N) is 1. The van der Waals surface area contributed by atoms with Gasteiger partial charge in [0.2, 0.25) is 0 Å². The summed E-state index contributed by atoms with van der Waals surface area (Å²) in [5, 5.41) is 3.21. The molecule has 1 saturated heterocycles. The van der Waals surface area contributed by atoms with Crippen molar-refractivity contribution < 1.29 is 8.42 Å². The maximum absolute atomic E-state index is 11.3. The van der Waals surface area contributed by atoms with Crippen molar-refractivity contribution in [2.45, 2.75) is 26.7 Å². The van der Waals surface area contributed by atoms with Crippen LogP contribution < -0.4 is 5.32 Å². The summed E-state index contributed by atoms with van der Waals surface area (Å²) < 4.78 is 22.6. The molecule has 1 aliphatic heterocycles. The standard InChI is InChI=1S/C9H19NO2S/c1-3-9(7-10-8-9)5-6-13(11,12)4-2/h10H,3-8H2,1-2H3. The molecule has 0 radical (unpaired) electrons. The summed E-state index contributed by atoms with van der Waals surface area (Å²) in [7, 11) is -2.77. The van der Waals surface area contributed by atoms with Crippen molar-refractivity contribution in [3.05, 3.63) is 0 Å². The fourth-order valence-electron chi connectivity index (χ4n) is 1.60. The average Bonchev–Trinajstić information content (AvgIpc) is 2.03. The van der Waals surface area contributed by atoms with Gasteiger partial charge in [0.25, 0.3) is 0 Å². The Hall–Kier alpha value is -0.0900. The molecular weight excluding hydrogens is 186 g/mol. The van der Waals surface area contributed by atoms with E-state index in [-0.39, 0.29) is 11.2 Å². The molecule has 13 heavy (non-hydrogen) atoms. The molecule has 0 aromatic carbocycles. The highest BCUT2D eigenvalue weighted by Crippen LogP contribution is 2.31. The van der Waals surface area contributed by atoms with E-state index in [9.17, 15) is 8.42 Å². The zero-order valence-electron chi connectivity index (χ0n) is 8.47. The van der Waals surface area contributed by atoms with Crippen LogP contribution in [0.25, 0.3) is 0 Å². The largest absolute Gasteiger partial charge is 0.316 e. The lowest BCUT2D eigenvalue weighted by molar-refractivity contribution is 0.155. The zero-order chi connectivity index (χ0) is 9.95. The van der Waals surface area contributed by atoms with Crippen LogP contribution >= 0.6 is 0 Å². The van der Waals surface area contributed by atoms with Crippen LogP contribution in [0.1, 0.15) is 26.7 Å². The van der Waals surface area contributed by atoms with E-state index in [1.807, 2.05) is 0 Å². The van der Waals surface area contributed by atoms with Crippen molar-refractivity contribution in [2.24, 2.45) is 5.41 Å². The first-order chi connectivity index (χ1) is 6.04. The Morgan fingerprint density at radius 3 is 2.23 bits per heavy atom. The first-order valence-electron chi connectivity index (χ1n) is 4.95. The van der Waals surface area contributed by atoms with E-state index >= 15 is 0 Å². The average molecular weight is 205 g/mol. The molecule has 0 unspecified atom stereocenters. The van der Waals surface area contributed by atoms with E-state index < -0.39 is 9.84 Å². The summed E-state index contributed by atoms with van der Waals surface area (Å²) in [6, 6.07) is 0.